The molecule has 0 spiro atoms. The first-order valence-corrected chi connectivity index (χ1v) is 10.5. The van der Waals surface area contributed by atoms with Crippen molar-refractivity contribution in [3.8, 4) is 0 Å². The monoisotopic (exact) mass is 400 g/mol. The van der Waals surface area contributed by atoms with Gasteiger partial charge < -0.3 is 10.2 Å². The van der Waals surface area contributed by atoms with Crippen molar-refractivity contribution in [3.63, 3.8) is 0 Å². The zero-order chi connectivity index (χ0) is 20.1. The van der Waals surface area contributed by atoms with Gasteiger partial charge in [-0.15, -0.1) is 11.3 Å². The summed E-state index contributed by atoms with van der Waals surface area (Å²) < 4.78 is 0. The standard InChI is InChI=1S/C21H28N4O2S/c1-15-22-19(14-28-15)13-25-10-8-17(9-11-25)21(27)23-18-6-4-16(5-7-18)12-20(26)24(2)3/h4-7,14,17H,8-13H2,1-3H3,(H,23,27). The number of carbonyl (C=O) groups is 2. The van der Waals surface area contributed by atoms with Crippen LogP contribution in [0.15, 0.2) is 29.6 Å². The minimum atomic E-state index is 0.0448. The van der Waals surface area contributed by atoms with Gasteiger partial charge in [0, 0.05) is 37.6 Å². The van der Waals surface area contributed by atoms with E-state index in [4.69, 9.17) is 0 Å². The van der Waals surface area contributed by atoms with Crippen molar-refractivity contribution < 1.29 is 9.59 Å². The van der Waals surface area contributed by atoms with Crippen molar-refractivity contribution in [2.24, 2.45) is 5.92 Å². The van der Waals surface area contributed by atoms with E-state index in [9.17, 15) is 9.59 Å². The molecule has 2 aromatic rings. The molecule has 3 rings (SSSR count). The predicted molar refractivity (Wildman–Crippen MR) is 112 cm³/mol. The van der Waals surface area contributed by atoms with Crippen molar-refractivity contribution in [3.05, 3.63) is 45.9 Å². The third-order valence-electron chi connectivity index (χ3n) is 5.09. The molecule has 0 radical (unpaired) electrons. The third-order valence-corrected chi connectivity index (χ3v) is 5.91. The second-order valence-electron chi connectivity index (χ2n) is 7.56. The molecule has 1 N–H and O–H groups in total. The van der Waals surface area contributed by atoms with Gasteiger partial charge in [0.25, 0.3) is 0 Å². The molecule has 1 saturated heterocycles. The Labute approximate surface area is 170 Å². The molecule has 0 atom stereocenters. The number of benzene rings is 1. The smallest absolute Gasteiger partial charge is 0.227 e. The second-order valence-corrected chi connectivity index (χ2v) is 8.62. The number of likely N-dealkylation sites (tertiary alicyclic amines) is 1. The molecule has 1 aromatic heterocycles. The van der Waals surface area contributed by atoms with Crippen LogP contribution in [0.5, 0.6) is 0 Å². The SMILES string of the molecule is Cc1nc(CN2CCC(C(=O)Nc3ccc(CC(=O)N(C)C)cc3)CC2)cs1. The van der Waals surface area contributed by atoms with E-state index < -0.39 is 0 Å². The molecule has 0 saturated carbocycles. The van der Waals surface area contributed by atoms with Gasteiger partial charge in [-0.2, -0.15) is 0 Å². The van der Waals surface area contributed by atoms with Crippen molar-refractivity contribution in [1.29, 1.82) is 0 Å². The maximum Gasteiger partial charge on any atom is 0.227 e. The summed E-state index contributed by atoms with van der Waals surface area (Å²) in [7, 11) is 3.50. The average Bonchev–Trinajstić information content (AvgIpc) is 3.08. The number of nitrogens with one attached hydrogen (secondary N) is 1. The molecule has 0 unspecified atom stereocenters. The molecule has 1 aromatic carbocycles. The van der Waals surface area contributed by atoms with E-state index >= 15 is 0 Å². The topological polar surface area (TPSA) is 65.5 Å². The molecule has 6 nitrogen and oxygen atoms in total. The van der Waals surface area contributed by atoms with E-state index in [0.717, 1.165) is 54.4 Å². The first kappa shape index (κ1) is 20.5. The summed E-state index contributed by atoms with van der Waals surface area (Å²) in [6, 6.07) is 7.54. The number of amides is 2. The lowest BCUT2D eigenvalue weighted by molar-refractivity contribution is -0.128. The molecule has 0 aliphatic carbocycles. The number of aryl methyl sites for hydroxylation is 1. The zero-order valence-electron chi connectivity index (χ0n) is 16.8. The zero-order valence-corrected chi connectivity index (χ0v) is 17.6. The Morgan fingerprint density at radius 3 is 2.46 bits per heavy atom. The number of carbonyl (C=O) groups excluding carboxylic acids is 2. The van der Waals surface area contributed by atoms with Gasteiger partial charge in [-0.05, 0) is 50.6 Å². The van der Waals surface area contributed by atoms with Crippen molar-refractivity contribution in [1.82, 2.24) is 14.8 Å². The molecule has 1 aliphatic rings. The van der Waals surface area contributed by atoms with E-state index in [1.807, 2.05) is 31.2 Å². The van der Waals surface area contributed by atoms with Gasteiger partial charge in [-0.3, -0.25) is 14.5 Å². The number of nitrogens with zero attached hydrogens (tertiary/aromatic N) is 3. The Kier molecular flexibility index (Phi) is 6.80. The van der Waals surface area contributed by atoms with Gasteiger partial charge in [0.2, 0.25) is 11.8 Å². The maximum absolute atomic E-state index is 12.6. The fraction of sp³-hybridized carbons (Fsp3) is 0.476. The number of hydrogen-bond donors (Lipinski definition) is 1. The van der Waals surface area contributed by atoms with Gasteiger partial charge in [-0.25, -0.2) is 4.98 Å². The van der Waals surface area contributed by atoms with E-state index in [-0.39, 0.29) is 17.7 Å². The number of likely N-dealkylation sites (N-methyl/N-ethyl adjacent to an activating group) is 1. The van der Waals surface area contributed by atoms with Gasteiger partial charge in [-0.1, -0.05) is 12.1 Å². The number of thiazole rings is 1. The fourth-order valence-electron chi connectivity index (χ4n) is 3.35. The summed E-state index contributed by atoms with van der Waals surface area (Å²) in [5.41, 5.74) is 2.85. The number of rotatable bonds is 6. The van der Waals surface area contributed by atoms with Gasteiger partial charge in [0.1, 0.15) is 0 Å². The molecule has 150 valence electrons. The first-order chi connectivity index (χ1) is 13.4. The normalized spacial score (nSPS) is 15.4. The number of aromatic nitrogens is 1. The molecule has 2 amide bonds. The summed E-state index contributed by atoms with van der Waals surface area (Å²) >= 11 is 1.68. The van der Waals surface area contributed by atoms with Crippen LogP contribution in [0.25, 0.3) is 0 Å². The Hall–Kier alpha value is -2.25. The summed E-state index contributed by atoms with van der Waals surface area (Å²) in [4.78, 5) is 32.8. The average molecular weight is 401 g/mol. The highest BCUT2D eigenvalue weighted by molar-refractivity contribution is 7.09. The lowest BCUT2D eigenvalue weighted by Gasteiger charge is -2.30. The molecule has 2 heterocycles. The lowest BCUT2D eigenvalue weighted by atomic mass is 9.95. The number of piperidine rings is 1. The van der Waals surface area contributed by atoms with E-state index in [1.54, 1.807) is 30.3 Å². The lowest BCUT2D eigenvalue weighted by Crippen LogP contribution is -2.37. The van der Waals surface area contributed by atoms with Gasteiger partial charge in [0.05, 0.1) is 17.1 Å². The maximum atomic E-state index is 12.6. The Morgan fingerprint density at radius 2 is 1.89 bits per heavy atom. The van der Waals surface area contributed by atoms with Crippen LogP contribution >= 0.6 is 11.3 Å². The van der Waals surface area contributed by atoms with Crippen molar-refractivity contribution >= 4 is 28.8 Å². The number of hydrogen-bond acceptors (Lipinski definition) is 5. The number of anilines is 1. The van der Waals surface area contributed by atoms with Crippen LogP contribution in [0.4, 0.5) is 5.69 Å². The molecular weight excluding hydrogens is 372 g/mol. The van der Waals surface area contributed by atoms with Crippen LogP contribution in [0.1, 0.15) is 29.1 Å². The molecule has 28 heavy (non-hydrogen) atoms. The first-order valence-electron chi connectivity index (χ1n) is 9.64. The van der Waals surface area contributed by atoms with Crippen LogP contribution in [-0.4, -0.2) is 53.8 Å². The highest BCUT2D eigenvalue weighted by Crippen LogP contribution is 2.22. The van der Waals surface area contributed by atoms with Crippen LogP contribution in [-0.2, 0) is 22.6 Å². The summed E-state index contributed by atoms with van der Waals surface area (Å²) in [6.07, 6.45) is 2.10. The minimum Gasteiger partial charge on any atom is -0.349 e. The molecule has 0 bridgehead atoms. The van der Waals surface area contributed by atoms with Crippen LogP contribution in [0.2, 0.25) is 0 Å². The van der Waals surface area contributed by atoms with E-state index in [0.29, 0.717) is 6.42 Å². The van der Waals surface area contributed by atoms with Crippen molar-refractivity contribution in [2.45, 2.75) is 32.7 Å². The summed E-state index contributed by atoms with van der Waals surface area (Å²) in [5, 5.41) is 6.23. The minimum absolute atomic E-state index is 0.0448. The molecular formula is C21H28N4O2S. The van der Waals surface area contributed by atoms with E-state index in [2.05, 4.69) is 20.6 Å². The fourth-order valence-corrected chi connectivity index (χ4v) is 3.95. The van der Waals surface area contributed by atoms with Crippen LogP contribution in [0, 0.1) is 12.8 Å². The largest absolute Gasteiger partial charge is 0.349 e. The molecule has 1 fully saturated rings. The molecule has 7 heteroatoms. The van der Waals surface area contributed by atoms with Gasteiger partial charge >= 0.3 is 0 Å². The third kappa shape index (κ3) is 5.62. The molecule has 1 aliphatic heterocycles. The van der Waals surface area contributed by atoms with Crippen LogP contribution < -0.4 is 5.32 Å². The van der Waals surface area contributed by atoms with E-state index in [1.165, 1.54) is 0 Å². The summed E-state index contributed by atoms with van der Waals surface area (Å²) in [6.45, 7) is 4.73. The Morgan fingerprint density at radius 1 is 1.21 bits per heavy atom. The quantitative estimate of drug-likeness (QED) is 0.810. The Bertz CT molecular complexity index is 808. The summed E-state index contributed by atoms with van der Waals surface area (Å²) in [5.74, 6) is 0.195. The highest BCUT2D eigenvalue weighted by Gasteiger charge is 2.25. The van der Waals surface area contributed by atoms with Crippen LogP contribution in [0.3, 0.4) is 0 Å². The van der Waals surface area contributed by atoms with Crippen molar-refractivity contribution in [2.75, 3.05) is 32.5 Å². The second kappa shape index (κ2) is 9.30. The highest BCUT2D eigenvalue weighted by atomic mass is 32.1. The Balaban J connectivity index is 1.45. The predicted octanol–water partition coefficient (Wildman–Crippen LogP) is 2.93. The van der Waals surface area contributed by atoms with Gasteiger partial charge in [0.15, 0.2) is 0 Å².